The Morgan fingerprint density at radius 2 is 1.96 bits per heavy atom. The summed E-state index contributed by atoms with van der Waals surface area (Å²) in [6.07, 6.45) is 0.626. The summed E-state index contributed by atoms with van der Waals surface area (Å²) in [5.41, 5.74) is 0.544. The van der Waals surface area contributed by atoms with Gasteiger partial charge in [-0.05, 0) is 25.5 Å². The Balaban J connectivity index is 1.86. The van der Waals surface area contributed by atoms with Crippen LogP contribution in [0.1, 0.15) is 30.1 Å². The van der Waals surface area contributed by atoms with Gasteiger partial charge in [-0.1, -0.05) is 18.2 Å². The quantitative estimate of drug-likeness (QED) is 0.862. The van der Waals surface area contributed by atoms with Crippen molar-refractivity contribution in [2.24, 2.45) is 0 Å². The third-order valence-electron chi connectivity index (χ3n) is 4.04. The van der Waals surface area contributed by atoms with Gasteiger partial charge in [-0.25, -0.2) is 8.42 Å². The van der Waals surface area contributed by atoms with E-state index in [2.05, 4.69) is 5.32 Å². The summed E-state index contributed by atoms with van der Waals surface area (Å²) < 4.78 is 23.0. The van der Waals surface area contributed by atoms with E-state index in [0.29, 0.717) is 12.0 Å². The molecule has 2 rings (SSSR count). The van der Waals surface area contributed by atoms with Crippen LogP contribution in [-0.4, -0.2) is 55.8 Å². The molecule has 0 saturated carbocycles. The molecule has 0 bridgehead atoms. The SMILES string of the molecule is CC(CC(=O)N(C)C1CCS(=O)(=O)C1)NC(=O)c1ccccc1. The average Bonchev–Trinajstić information content (AvgIpc) is 2.87. The Labute approximate surface area is 136 Å². The summed E-state index contributed by atoms with van der Waals surface area (Å²) >= 11 is 0. The molecule has 7 heteroatoms. The van der Waals surface area contributed by atoms with Crippen LogP contribution in [0, 0.1) is 0 Å². The van der Waals surface area contributed by atoms with Gasteiger partial charge in [0.05, 0.1) is 11.5 Å². The zero-order valence-electron chi connectivity index (χ0n) is 13.4. The van der Waals surface area contributed by atoms with Crippen molar-refractivity contribution in [3.05, 3.63) is 35.9 Å². The molecular formula is C16H22N2O4S. The number of hydrogen-bond acceptors (Lipinski definition) is 4. The van der Waals surface area contributed by atoms with E-state index >= 15 is 0 Å². The van der Waals surface area contributed by atoms with E-state index in [1.165, 1.54) is 4.90 Å². The molecule has 1 N–H and O–H groups in total. The second-order valence-corrected chi connectivity index (χ2v) is 8.23. The minimum atomic E-state index is -3.02. The summed E-state index contributed by atoms with van der Waals surface area (Å²) in [6, 6.07) is 8.21. The fourth-order valence-electron chi connectivity index (χ4n) is 2.64. The van der Waals surface area contributed by atoms with E-state index in [-0.39, 0.29) is 41.8 Å². The maximum absolute atomic E-state index is 12.2. The van der Waals surface area contributed by atoms with Gasteiger partial charge in [0.25, 0.3) is 5.91 Å². The monoisotopic (exact) mass is 338 g/mol. The van der Waals surface area contributed by atoms with Gasteiger partial charge in [0.1, 0.15) is 0 Å². The Bertz CT molecular complexity index is 673. The number of benzene rings is 1. The highest BCUT2D eigenvalue weighted by Crippen LogP contribution is 2.17. The van der Waals surface area contributed by atoms with E-state index in [4.69, 9.17) is 0 Å². The molecule has 2 unspecified atom stereocenters. The van der Waals surface area contributed by atoms with Gasteiger partial charge in [-0.15, -0.1) is 0 Å². The molecule has 0 radical (unpaired) electrons. The summed E-state index contributed by atoms with van der Waals surface area (Å²) in [7, 11) is -1.40. The van der Waals surface area contributed by atoms with Gasteiger partial charge in [0, 0.05) is 31.1 Å². The topological polar surface area (TPSA) is 83.6 Å². The highest BCUT2D eigenvalue weighted by Gasteiger charge is 2.33. The number of nitrogens with one attached hydrogen (secondary N) is 1. The van der Waals surface area contributed by atoms with Gasteiger partial charge in [0.15, 0.2) is 9.84 Å². The number of sulfone groups is 1. The summed E-state index contributed by atoms with van der Waals surface area (Å²) in [5, 5.41) is 2.78. The summed E-state index contributed by atoms with van der Waals surface area (Å²) in [5.74, 6) is -0.222. The van der Waals surface area contributed by atoms with Crippen molar-refractivity contribution in [2.75, 3.05) is 18.6 Å². The zero-order valence-corrected chi connectivity index (χ0v) is 14.2. The van der Waals surface area contributed by atoms with Crippen LogP contribution in [0.25, 0.3) is 0 Å². The average molecular weight is 338 g/mol. The minimum Gasteiger partial charge on any atom is -0.349 e. The van der Waals surface area contributed by atoms with Gasteiger partial charge < -0.3 is 10.2 Å². The Hall–Kier alpha value is -1.89. The molecule has 1 saturated heterocycles. The lowest BCUT2D eigenvalue weighted by atomic mass is 10.1. The number of hydrogen-bond donors (Lipinski definition) is 1. The van der Waals surface area contributed by atoms with Crippen molar-refractivity contribution in [2.45, 2.75) is 31.8 Å². The molecule has 0 aliphatic carbocycles. The summed E-state index contributed by atoms with van der Waals surface area (Å²) in [6.45, 7) is 1.76. The van der Waals surface area contributed by atoms with E-state index in [1.807, 2.05) is 6.07 Å². The molecule has 1 aromatic rings. The van der Waals surface area contributed by atoms with Crippen molar-refractivity contribution in [3.8, 4) is 0 Å². The molecule has 2 amide bonds. The maximum atomic E-state index is 12.2. The van der Waals surface area contributed by atoms with Crippen LogP contribution in [0.2, 0.25) is 0 Å². The van der Waals surface area contributed by atoms with Crippen LogP contribution in [-0.2, 0) is 14.6 Å². The Morgan fingerprint density at radius 1 is 1.30 bits per heavy atom. The minimum absolute atomic E-state index is 0.0278. The smallest absolute Gasteiger partial charge is 0.251 e. The predicted molar refractivity (Wildman–Crippen MR) is 87.8 cm³/mol. The highest BCUT2D eigenvalue weighted by molar-refractivity contribution is 7.91. The number of carbonyl (C=O) groups excluding carboxylic acids is 2. The van der Waals surface area contributed by atoms with Crippen LogP contribution in [0.4, 0.5) is 0 Å². The first-order chi connectivity index (χ1) is 10.8. The Kier molecular flexibility index (Phi) is 5.41. The highest BCUT2D eigenvalue weighted by atomic mass is 32.2. The molecule has 126 valence electrons. The first-order valence-electron chi connectivity index (χ1n) is 7.60. The molecule has 1 aromatic carbocycles. The first-order valence-corrected chi connectivity index (χ1v) is 9.42. The number of carbonyl (C=O) groups is 2. The fourth-order valence-corrected chi connectivity index (χ4v) is 4.41. The van der Waals surface area contributed by atoms with Crippen molar-refractivity contribution in [1.82, 2.24) is 10.2 Å². The normalized spacial score (nSPS) is 20.7. The molecule has 0 spiro atoms. The number of nitrogens with zero attached hydrogens (tertiary/aromatic N) is 1. The van der Waals surface area contributed by atoms with Crippen LogP contribution in [0.5, 0.6) is 0 Å². The molecule has 0 aromatic heterocycles. The molecule has 1 aliphatic heterocycles. The standard InChI is InChI=1S/C16H22N2O4S/c1-12(17-16(20)13-6-4-3-5-7-13)10-15(19)18(2)14-8-9-23(21,22)11-14/h3-7,12,14H,8-11H2,1-2H3,(H,17,20). The molecule has 1 heterocycles. The number of rotatable bonds is 5. The lowest BCUT2D eigenvalue weighted by molar-refractivity contribution is -0.131. The van der Waals surface area contributed by atoms with Crippen molar-refractivity contribution >= 4 is 21.7 Å². The zero-order chi connectivity index (χ0) is 17.0. The predicted octanol–water partition coefficient (Wildman–Crippen LogP) is 0.841. The van der Waals surface area contributed by atoms with E-state index in [1.54, 1.807) is 38.2 Å². The van der Waals surface area contributed by atoms with Crippen molar-refractivity contribution in [1.29, 1.82) is 0 Å². The van der Waals surface area contributed by atoms with Crippen LogP contribution >= 0.6 is 0 Å². The van der Waals surface area contributed by atoms with Gasteiger partial charge in [0.2, 0.25) is 5.91 Å². The molecule has 6 nitrogen and oxygen atoms in total. The van der Waals surface area contributed by atoms with Crippen LogP contribution in [0.3, 0.4) is 0 Å². The third-order valence-corrected chi connectivity index (χ3v) is 5.79. The second kappa shape index (κ2) is 7.12. The van der Waals surface area contributed by atoms with Gasteiger partial charge in [-0.2, -0.15) is 0 Å². The van der Waals surface area contributed by atoms with Crippen molar-refractivity contribution in [3.63, 3.8) is 0 Å². The van der Waals surface area contributed by atoms with Crippen LogP contribution in [0.15, 0.2) is 30.3 Å². The molecule has 1 fully saturated rings. The third kappa shape index (κ3) is 4.79. The van der Waals surface area contributed by atoms with E-state index in [9.17, 15) is 18.0 Å². The molecule has 2 atom stereocenters. The second-order valence-electron chi connectivity index (χ2n) is 6.01. The van der Waals surface area contributed by atoms with E-state index in [0.717, 1.165) is 0 Å². The fraction of sp³-hybridized carbons (Fsp3) is 0.500. The Morgan fingerprint density at radius 3 is 2.52 bits per heavy atom. The molecule has 23 heavy (non-hydrogen) atoms. The lowest BCUT2D eigenvalue weighted by Gasteiger charge is -2.25. The first kappa shape index (κ1) is 17.5. The summed E-state index contributed by atoms with van der Waals surface area (Å²) in [4.78, 5) is 25.8. The van der Waals surface area contributed by atoms with E-state index < -0.39 is 9.84 Å². The van der Waals surface area contributed by atoms with Gasteiger partial charge >= 0.3 is 0 Å². The number of amides is 2. The maximum Gasteiger partial charge on any atom is 0.251 e. The van der Waals surface area contributed by atoms with Crippen LogP contribution < -0.4 is 5.32 Å². The molecule has 1 aliphatic rings. The van der Waals surface area contributed by atoms with Gasteiger partial charge in [-0.3, -0.25) is 9.59 Å². The molecular weight excluding hydrogens is 316 g/mol. The largest absolute Gasteiger partial charge is 0.349 e. The van der Waals surface area contributed by atoms with Crippen molar-refractivity contribution < 1.29 is 18.0 Å². The lowest BCUT2D eigenvalue weighted by Crippen LogP contribution is -2.42.